The number of nitrogens with zero attached hydrogens (tertiary/aromatic N) is 2. The molecule has 0 spiro atoms. The van der Waals surface area contributed by atoms with Crippen LogP contribution in [0.1, 0.15) is 12.0 Å². The number of hydrogen-bond acceptors (Lipinski definition) is 4. The average Bonchev–Trinajstić information content (AvgIpc) is 3.01. The predicted octanol–water partition coefficient (Wildman–Crippen LogP) is 1.82. The summed E-state index contributed by atoms with van der Waals surface area (Å²) in [4.78, 5) is 18.4. The van der Waals surface area contributed by atoms with Crippen molar-refractivity contribution < 1.29 is 9.53 Å². The third-order valence-corrected chi connectivity index (χ3v) is 4.34. The molecule has 1 aliphatic rings. The van der Waals surface area contributed by atoms with E-state index < -0.39 is 0 Å². The highest BCUT2D eigenvalue weighted by Crippen LogP contribution is 2.22. The minimum absolute atomic E-state index is 0.0378. The fourth-order valence-corrected chi connectivity index (χ4v) is 3.20. The molecule has 23 heavy (non-hydrogen) atoms. The number of para-hydroxylation sites is 1. The lowest BCUT2D eigenvalue weighted by atomic mass is 10.1. The van der Waals surface area contributed by atoms with Crippen molar-refractivity contribution in [1.29, 1.82) is 0 Å². The van der Waals surface area contributed by atoms with Crippen LogP contribution in [0, 0.1) is 5.92 Å². The van der Waals surface area contributed by atoms with Crippen LogP contribution >= 0.6 is 0 Å². The Morgan fingerprint density at radius 3 is 3.13 bits per heavy atom. The number of carbonyl (C=O) groups is 1. The summed E-state index contributed by atoms with van der Waals surface area (Å²) in [6.07, 6.45) is 2.97. The summed E-state index contributed by atoms with van der Waals surface area (Å²) < 4.78 is 4.83. The molecule has 1 atom stereocenters. The van der Waals surface area contributed by atoms with Crippen LogP contribution in [-0.2, 0) is 16.1 Å². The molecule has 1 saturated heterocycles. The maximum Gasteiger partial charge on any atom is 0.245 e. The van der Waals surface area contributed by atoms with E-state index in [1.54, 1.807) is 0 Å². The maximum atomic E-state index is 11.5. The summed E-state index contributed by atoms with van der Waals surface area (Å²) in [5.41, 5.74) is 2.36. The van der Waals surface area contributed by atoms with Gasteiger partial charge in [-0.3, -0.25) is 14.7 Å². The molecule has 2 aromatic rings. The zero-order chi connectivity index (χ0) is 16.1. The number of ether oxygens (including phenoxy) is 1. The van der Waals surface area contributed by atoms with Crippen molar-refractivity contribution in [3.63, 3.8) is 0 Å². The highest BCUT2D eigenvalue weighted by atomic mass is 16.5. The first-order valence-corrected chi connectivity index (χ1v) is 8.07. The van der Waals surface area contributed by atoms with E-state index in [-0.39, 0.29) is 12.5 Å². The molecule has 0 saturated carbocycles. The normalized spacial score (nSPS) is 18.4. The number of carbonyl (C=O) groups excluding carboxylic acids is 1. The second-order valence-corrected chi connectivity index (χ2v) is 6.12. The molecule has 3 rings (SSSR count). The molecule has 5 heteroatoms. The van der Waals surface area contributed by atoms with Crippen LogP contribution in [0.5, 0.6) is 0 Å². The van der Waals surface area contributed by atoms with Gasteiger partial charge in [0.05, 0.1) is 5.52 Å². The second kappa shape index (κ2) is 7.53. The highest BCUT2D eigenvalue weighted by Gasteiger charge is 2.23. The zero-order valence-electron chi connectivity index (χ0n) is 13.5. The van der Waals surface area contributed by atoms with Gasteiger partial charge in [0.15, 0.2) is 0 Å². The van der Waals surface area contributed by atoms with Crippen LogP contribution in [0.4, 0.5) is 0 Å². The number of benzene rings is 1. The summed E-state index contributed by atoms with van der Waals surface area (Å²) in [5, 5.41) is 4.12. The molecule has 1 aromatic heterocycles. The standard InChI is InChI=1S/C18H23N3O2/c1-23-13-17(22)20-10-14-7-9-21(11-14)12-16-5-2-4-15-6-3-8-19-18(15)16/h2-6,8,14H,7,9-13H2,1H3,(H,20,22)/t14-/m0/s1. The molecule has 2 heterocycles. The summed E-state index contributed by atoms with van der Waals surface area (Å²) in [7, 11) is 1.54. The fraction of sp³-hybridized carbons (Fsp3) is 0.444. The Balaban J connectivity index is 1.56. The van der Waals surface area contributed by atoms with Crippen molar-refractivity contribution in [3.8, 4) is 0 Å². The van der Waals surface area contributed by atoms with Gasteiger partial charge >= 0.3 is 0 Å². The van der Waals surface area contributed by atoms with Crippen molar-refractivity contribution in [2.45, 2.75) is 13.0 Å². The number of fused-ring (bicyclic) bond motifs is 1. The highest BCUT2D eigenvalue weighted by molar-refractivity contribution is 5.81. The number of rotatable bonds is 6. The number of nitrogens with one attached hydrogen (secondary N) is 1. The number of hydrogen-bond donors (Lipinski definition) is 1. The third kappa shape index (κ3) is 4.06. The molecule has 0 bridgehead atoms. The Morgan fingerprint density at radius 1 is 1.39 bits per heavy atom. The lowest BCUT2D eigenvalue weighted by Crippen LogP contribution is -2.33. The molecule has 1 fully saturated rings. The zero-order valence-corrected chi connectivity index (χ0v) is 13.5. The lowest BCUT2D eigenvalue weighted by Gasteiger charge is -2.17. The lowest BCUT2D eigenvalue weighted by molar-refractivity contribution is -0.124. The van der Waals surface area contributed by atoms with Crippen molar-refractivity contribution in [1.82, 2.24) is 15.2 Å². The number of aromatic nitrogens is 1. The summed E-state index contributed by atoms with van der Waals surface area (Å²) in [6, 6.07) is 10.4. The minimum Gasteiger partial charge on any atom is -0.375 e. The van der Waals surface area contributed by atoms with Crippen molar-refractivity contribution in [2.75, 3.05) is 33.4 Å². The molecule has 1 aliphatic heterocycles. The topological polar surface area (TPSA) is 54.5 Å². The maximum absolute atomic E-state index is 11.5. The van der Waals surface area contributed by atoms with Gasteiger partial charge < -0.3 is 10.1 Å². The number of amides is 1. The van der Waals surface area contributed by atoms with E-state index in [1.165, 1.54) is 18.1 Å². The first kappa shape index (κ1) is 15.9. The summed E-state index contributed by atoms with van der Waals surface area (Å²) >= 11 is 0. The fourth-order valence-electron chi connectivity index (χ4n) is 3.20. The SMILES string of the molecule is COCC(=O)NC[C@@H]1CCN(Cc2cccc3cccnc23)C1. The quantitative estimate of drug-likeness (QED) is 0.884. The van der Waals surface area contributed by atoms with Crippen LogP contribution in [0.25, 0.3) is 10.9 Å². The predicted molar refractivity (Wildman–Crippen MR) is 90.0 cm³/mol. The molecule has 0 aliphatic carbocycles. The van der Waals surface area contributed by atoms with E-state index in [1.807, 2.05) is 12.3 Å². The van der Waals surface area contributed by atoms with Gasteiger partial charge in [-0.25, -0.2) is 0 Å². The van der Waals surface area contributed by atoms with Gasteiger partial charge in [-0.15, -0.1) is 0 Å². The molecular formula is C18H23N3O2. The van der Waals surface area contributed by atoms with E-state index >= 15 is 0 Å². The Bertz CT molecular complexity index is 669. The monoisotopic (exact) mass is 313 g/mol. The van der Waals surface area contributed by atoms with E-state index in [0.717, 1.165) is 38.1 Å². The van der Waals surface area contributed by atoms with Crippen molar-refractivity contribution in [3.05, 3.63) is 42.1 Å². The molecule has 0 radical (unpaired) electrons. The van der Waals surface area contributed by atoms with Gasteiger partial charge in [0.2, 0.25) is 5.91 Å². The van der Waals surface area contributed by atoms with Crippen molar-refractivity contribution in [2.24, 2.45) is 5.92 Å². The second-order valence-electron chi connectivity index (χ2n) is 6.12. The smallest absolute Gasteiger partial charge is 0.245 e. The molecule has 5 nitrogen and oxygen atoms in total. The van der Waals surface area contributed by atoms with Gasteiger partial charge in [0.25, 0.3) is 0 Å². The molecule has 1 amide bonds. The van der Waals surface area contributed by atoms with Crippen molar-refractivity contribution >= 4 is 16.8 Å². The van der Waals surface area contributed by atoms with Gasteiger partial charge in [0.1, 0.15) is 6.61 Å². The number of pyridine rings is 1. The van der Waals surface area contributed by atoms with Crippen LogP contribution in [0.15, 0.2) is 36.5 Å². The minimum atomic E-state index is -0.0378. The van der Waals surface area contributed by atoms with Crippen LogP contribution in [-0.4, -0.2) is 49.1 Å². The molecule has 1 aromatic carbocycles. The van der Waals surface area contributed by atoms with Gasteiger partial charge in [-0.1, -0.05) is 24.3 Å². The van der Waals surface area contributed by atoms with Crippen LogP contribution in [0.2, 0.25) is 0 Å². The first-order chi connectivity index (χ1) is 11.3. The number of methoxy groups -OCH3 is 1. The van der Waals surface area contributed by atoms with E-state index in [0.29, 0.717) is 5.92 Å². The molecule has 122 valence electrons. The summed E-state index contributed by atoms with van der Waals surface area (Å²) in [6.45, 7) is 3.85. The van der Waals surface area contributed by atoms with E-state index in [9.17, 15) is 4.79 Å². The molecule has 1 N–H and O–H groups in total. The molecule has 0 unspecified atom stereocenters. The Kier molecular flexibility index (Phi) is 5.20. The van der Waals surface area contributed by atoms with Gasteiger partial charge in [0, 0.05) is 38.3 Å². The Morgan fingerprint density at radius 2 is 2.26 bits per heavy atom. The first-order valence-electron chi connectivity index (χ1n) is 8.07. The number of likely N-dealkylation sites (tertiary alicyclic amines) is 1. The Labute approximate surface area is 136 Å². The third-order valence-electron chi connectivity index (χ3n) is 4.34. The van der Waals surface area contributed by atoms with Crippen LogP contribution in [0.3, 0.4) is 0 Å². The molecular weight excluding hydrogens is 290 g/mol. The van der Waals surface area contributed by atoms with E-state index in [4.69, 9.17) is 4.74 Å². The van der Waals surface area contributed by atoms with Gasteiger partial charge in [-0.2, -0.15) is 0 Å². The Hall–Kier alpha value is -1.98. The average molecular weight is 313 g/mol. The largest absolute Gasteiger partial charge is 0.375 e. The summed E-state index contributed by atoms with van der Waals surface area (Å²) in [5.74, 6) is 0.475. The van der Waals surface area contributed by atoms with Gasteiger partial charge in [-0.05, 0) is 30.5 Å². The van der Waals surface area contributed by atoms with E-state index in [2.05, 4.69) is 39.5 Å². The van der Waals surface area contributed by atoms with Crippen LogP contribution < -0.4 is 5.32 Å².